The SMILES string of the molecule is O=C(NCC[C@H](O)C(=O)O)c1ccc2nc[nH]c2c1. The Morgan fingerprint density at radius 2 is 2.21 bits per heavy atom. The van der Waals surface area contributed by atoms with Gasteiger partial charge in [0.05, 0.1) is 17.4 Å². The van der Waals surface area contributed by atoms with E-state index in [0.717, 1.165) is 11.0 Å². The van der Waals surface area contributed by atoms with Gasteiger partial charge in [0.25, 0.3) is 5.91 Å². The van der Waals surface area contributed by atoms with Gasteiger partial charge >= 0.3 is 5.97 Å². The Labute approximate surface area is 108 Å². The zero-order chi connectivity index (χ0) is 13.8. The van der Waals surface area contributed by atoms with Crippen LogP contribution in [-0.4, -0.2) is 44.7 Å². The zero-order valence-corrected chi connectivity index (χ0v) is 9.96. The third-order valence-corrected chi connectivity index (χ3v) is 2.67. The van der Waals surface area contributed by atoms with Crippen LogP contribution in [0.1, 0.15) is 16.8 Å². The van der Waals surface area contributed by atoms with Crippen LogP contribution in [0.5, 0.6) is 0 Å². The van der Waals surface area contributed by atoms with Crippen LogP contribution in [0.3, 0.4) is 0 Å². The maximum atomic E-state index is 11.8. The highest BCUT2D eigenvalue weighted by Gasteiger charge is 2.13. The number of aliphatic hydroxyl groups is 1. The van der Waals surface area contributed by atoms with E-state index in [-0.39, 0.29) is 18.9 Å². The van der Waals surface area contributed by atoms with Crippen molar-refractivity contribution >= 4 is 22.9 Å². The molecule has 4 N–H and O–H groups in total. The number of aromatic nitrogens is 2. The molecule has 1 aromatic heterocycles. The van der Waals surface area contributed by atoms with Crippen molar-refractivity contribution < 1.29 is 19.8 Å². The van der Waals surface area contributed by atoms with Crippen LogP contribution in [0.4, 0.5) is 0 Å². The number of benzene rings is 1. The second kappa shape index (κ2) is 5.49. The molecule has 0 spiro atoms. The van der Waals surface area contributed by atoms with E-state index < -0.39 is 12.1 Å². The molecular formula is C12H13N3O4. The van der Waals surface area contributed by atoms with Crippen LogP contribution in [0.25, 0.3) is 11.0 Å². The number of hydrogen-bond acceptors (Lipinski definition) is 4. The van der Waals surface area contributed by atoms with Crippen LogP contribution in [0.2, 0.25) is 0 Å². The number of fused-ring (bicyclic) bond motifs is 1. The molecule has 0 radical (unpaired) electrons. The highest BCUT2D eigenvalue weighted by molar-refractivity contribution is 5.97. The lowest BCUT2D eigenvalue weighted by atomic mass is 10.2. The van der Waals surface area contributed by atoms with Gasteiger partial charge in [-0.2, -0.15) is 0 Å². The van der Waals surface area contributed by atoms with E-state index >= 15 is 0 Å². The molecule has 100 valence electrons. The maximum Gasteiger partial charge on any atom is 0.332 e. The molecule has 0 aliphatic heterocycles. The second-order valence-electron chi connectivity index (χ2n) is 4.03. The fraction of sp³-hybridized carbons (Fsp3) is 0.250. The first kappa shape index (κ1) is 13.0. The molecule has 0 aliphatic carbocycles. The fourth-order valence-corrected chi connectivity index (χ4v) is 1.62. The van der Waals surface area contributed by atoms with Crippen molar-refractivity contribution in [3.63, 3.8) is 0 Å². The van der Waals surface area contributed by atoms with Gasteiger partial charge in [-0.15, -0.1) is 0 Å². The molecule has 1 aromatic carbocycles. The van der Waals surface area contributed by atoms with Crippen molar-refractivity contribution in [2.24, 2.45) is 0 Å². The Morgan fingerprint density at radius 3 is 2.95 bits per heavy atom. The largest absolute Gasteiger partial charge is 0.479 e. The number of rotatable bonds is 5. The Hall–Kier alpha value is -2.41. The molecule has 2 rings (SSSR count). The monoisotopic (exact) mass is 263 g/mol. The van der Waals surface area contributed by atoms with Gasteiger partial charge in [-0.1, -0.05) is 0 Å². The number of amides is 1. The molecule has 1 heterocycles. The van der Waals surface area contributed by atoms with Crippen LogP contribution >= 0.6 is 0 Å². The summed E-state index contributed by atoms with van der Waals surface area (Å²) >= 11 is 0. The van der Waals surface area contributed by atoms with E-state index in [0.29, 0.717) is 5.56 Å². The van der Waals surface area contributed by atoms with E-state index in [2.05, 4.69) is 15.3 Å². The summed E-state index contributed by atoms with van der Waals surface area (Å²) < 4.78 is 0. The van der Waals surface area contributed by atoms with Gasteiger partial charge in [0.2, 0.25) is 0 Å². The molecule has 0 fully saturated rings. The van der Waals surface area contributed by atoms with Gasteiger partial charge in [0.1, 0.15) is 0 Å². The van der Waals surface area contributed by atoms with E-state index in [1.807, 2.05) is 0 Å². The van der Waals surface area contributed by atoms with Crippen LogP contribution in [0.15, 0.2) is 24.5 Å². The summed E-state index contributed by atoms with van der Waals surface area (Å²) in [6.45, 7) is 0.0906. The smallest absolute Gasteiger partial charge is 0.332 e. The lowest BCUT2D eigenvalue weighted by molar-refractivity contribution is -0.146. The maximum absolute atomic E-state index is 11.8. The first-order chi connectivity index (χ1) is 9.08. The van der Waals surface area contributed by atoms with E-state index in [4.69, 9.17) is 10.2 Å². The molecule has 1 atom stereocenters. The lowest BCUT2D eigenvalue weighted by Crippen LogP contribution is -2.30. The predicted molar refractivity (Wildman–Crippen MR) is 66.7 cm³/mol. The van der Waals surface area contributed by atoms with Gasteiger partial charge in [-0.25, -0.2) is 9.78 Å². The van der Waals surface area contributed by atoms with Gasteiger partial charge in [-0.3, -0.25) is 4.79 Å². The minimum atomic E-state index is -1.46. The van der Waals surface area contributed by atoms with E-state index in [1.54, 1.807) is 18.2 Å². The summed E-state index contributed by atoms with van der Waals surface area (Å²) in [6, 6.07) is 5.00. The number of aromatic amines is 1. The Morgan fingerprint density at radius 1 is 1.42 bits per heavy atom. The number of nitrogens with zero attached hydrogens (tertiary/aromatic N) is 1. The first-order valence-corrected chi connectivity index (χ1v) is 5.70. The Bertz CT molecular complexity index is 608. The molecule has 19 heavy (non-hydrogen) atoms. The van der Waals surface area contributed by atoms with Crippen molar-refractivity contribution in [1.82, 2.24) is 15.3 Å². The van der Waals surface area contributed by atoms with E-state index in [1.165, 1.54) is 6.33 Å². The number of carbonyl (C=O) groups is 2. The fourth-order valence-electron chi connectivity index (χ4n) is 1.62. The number of imidazole rings is 1. The molecule has 7 nitrogen and oxygen atoms in total. The normalized spacial score (nSPS) is 12.3. The molecule has 7 heteroatoms. The Balaban J connectivity index is 1.94. The molecule has 0 saturated heterocycles. The van der Waals surface area contributed by atoms with Crippen molar-refractivity contribution in [3.05, 3.63) is 30.1 Å². The quantitative estimate of drug-likeness (QED) is 0.612. The minimum Gasteiger partial charge on any atom is -0.479 e. The standard InChI is InChI=1S/C12H13N3O4/c16-10(12(18)19)3-4-13-11(17)7-1-2-8-9(5-7)15-6-14-8/h1-2,5-6,10,16H,3-4H2,(H,13,17)(H,14,15)(H,18,19)/t10-/m0/s1. The van der Waals surface area contributed by atoms with Crippen molar-refractivity contribution in [1.29, 1.82) is 0 Å². The second-order valence-corrected chi connectivity index (χ2v) is 4.03. The number of hydrogen-bond donors (Lipinski definition) is 4. The summed E-state index contributed by atoms with van der Waals surface area (Å²) in [7, 11) is 0. The van der Waals surface area contributed by atoms with Crippen LogP contribution in [0, 0.1) is 0 Å². The van der Waals surface area contributed by atoms with Gasteiger partial charge < -0.3 is 20.5 Å². The van der Waals surface area contributed by atoms with Gasteiger partial charge in [-0.05, 0) is 18.2 Å². The average Bonchev–Trinajstić information content (AvgIpc) is 2.85. The molecule has 0 aliphatic rings. The third-order valence-electron chi connectivity index (χ3n) is 2.67. The number of aliphatic carboxylic acids is 1. The number of aliphatic hydroxyl groups excluding tert-OH is 1. The number of carbonyl (C=O) groups excluding carboxylic acids is 1. The third kappa shape index (κ3) is 3.08. The van der Waals surface area contributed by atoms with Gasteiger partial charge in [0, 0.05) is 18.5 Å². The highest BCUT2D eigenvalue weighted by atomic mass is 16.4. The van der Waals surface area contributed by atoms with Crippen LogP contribution in [-0.2, 0) is 4.79 Å². The summed E-state index contributed by atoms with van der Waals surface area (Å²) in [5.74, 6) is -1.62. The summed E-state index contributed by atoms with van der Waals surface area (Å²) in [4.78, 5) is 29.1. The molecule has 0 bridgehead atoms. The molecule has 0 saturated carbocycles. The van der Waals surface area contributed by atoms with E-state index in [9.17, 15) is 9.59 Å². The zero-order valence-electron chi connectivity index (χ0n) is 9.96. The first-order valence-electron chi connectivity index (χ1n) is 5.70. The van der Waals surface area contributed by atoms with Gasteiger partial charge in [0.15, 0.2) is 6.10 Å². The summed E-state index contributed by atoms with van der Waals surface area (Å²) in [5, 5.41) is 20.1. The minimum absolute atomic E-state index is 0.0344. The highest BCUT2D eigenvalue weighted by Crippen LogP contribution is 2.11. The van der Waals surface area contributed by atoms with Crippen LogP contribution < -0.4 is 5.32 Å². The molecule has 0 unspecified atom stereocenters. The van der Waals surface area contributed by atoms with Crippen molar-refractivity contribution in [2.45, 2.75) is 12.5 Å². The Kier molecular flexibility index (Phi) is 3.76. The molecule has 1 amide bonds. The lowest BCUT2D eigenvalue weighted by Gasteiger charge is -2.07. The van der Waals surface area contributed by atoms with Crippen molar-refractivity contribution in [3.8, 4) is 0 Å². The molecule has 2 aromatic rings. The predicted octanol–water partition coefficient (Wildman–Crippen LogP) is 0.128. The topological polar surface area (TPSA) is 115 Å². The number of H-pyrrole nitrogens is 1. The number of carboxylic acid groups (broad SMARTS) is 1. The molecular weight excluding hydrogens is 250 g/mol. The number of carboxylic acids is 1. The summed E-state index contributed by atoms with van der Waals surface area (Å²) in [6.07, 6.45) is 0.0403. The van der Waals surface area contributed by atoms with Crippen molar-refractivity contribution in [2.75, 3.05) is 6.54 Å². The summed E-state index contributed by atoms with van der Waals surface area (Å²) in [5.41, 5.74) is 1.96. The number of nitrogens with one attached hydrogen (secondary N) is 2. The average molecular weight is 263 g/mol.